The lowest BCUT2D eigenvalue weighted by Gasteiger charge is -2.06. The average Bonchev–Trinajstić information content (AvgIpc) is 2.07. The maximum Gasteiger partial charge on any atom is 0.255 e. The van der Waals surface area contributed by atoms with Crippen LogP contribution in [0.3, 0.4) is 0 Å². The highest BCUT2D eigenvalue weighted by atomic mass is 19.1. The highest BCUT2D eigenvalue weighted by Crippen LogP contribution is 2.19. The monoisotopic (exact) mass is 183 g/mol. The van der Waals surface area contributed by atoms with Crippen molar-refractivity contribution in [1.29, 1.82) is 0 Å². The normalized spacial score (nSPS) is 9.69. The Morgan fingerprint density at radius 2 is 2.31 bits per heavy atom. The highest BCUT2D eigenvalue weighted by molar-refractivity contribution is 5.75. The van der Waals surface area contributed by atoms with Crippen LogP contribution in [-0.4, -0.2) is 12.5 Å². The number of halogens is 1. The summed E-state index contributed by atoms with van der Waals surface area (Å²) in [5, 5.41) is 0. The molecule has 0 aromatic heterocycles. The molecule has 0 radical (unpaired) electrons. The van der Waals surface area contributed by atoms with E-state index in [2.05, 4.69) is 0 Å². The number of ether oxygens (including phenoxy) is 1. The molecule has 2 N–H and O–H groups in total. The van der Waals surface area contributed by atoms with Gasteiger partial charge in [0.2, 0.25) is 0 Å². The van der Waals surface area contributed by atoms with E-state index in [0.29, 0.717) is 11.3 Å². The predicted molar refractivity (Wildman–Crippen MR) is 45.8 cm³/mol. The molecule has 4 heteroatoms. The van der Waals surface area contributed by atoms with Gasteiger partial charge in [0, 0.05) is 5.56 Å². The fraction of sp³-hybridized carbons (Fsp3) is 0.222. The average molecular weight is 183 g/mol. The SMILES string of the molecule is Cc1c(F)cccc1OCC(N)=O. The summed E-state index contributed by atoms with van der Waals surface area (Å²) >= 11 is 0. The fourth-order valence-electron chi connectivity index (χ4n) is 0.893. The minimum Gasteiger partial charge on any atom is -0.483 e. The van der Waals surface area contributed by atoms with Gasteiger partial charge in [-0.3, -0.25) is 4.79 Å². The van der Waals surface area contributed by atoms with Gasteiger partial charge in [0.25, 0.3) is 5.91 Å². The first-order chi connectivity index (χ1) is 6.11. The van der Waals surface area contributed by atoms with Gasteiger partial charge in [-0.1, -0.05) is 6.07 Å². The molecule has 1 rings (SSSR count). The minimum absolute atomic E-state index is 0.232. The summed E-state index contributed by atoms with van der Waals surface area (Å²) in [6, 6.07) is 4.42. The number of carbonyl (C=O) groups excluding carboxylic acids is 1. The van der Waals surface area contributed by atoms with E-state index in [1.807, 2.05) is 0 Å². The van der Waals surface area contributed by atoms with Crippen molar-refractivity contribution in [2.24, 2.45) is 5.73 Å². The molecule has 1 amide bonds. The first-order valence-corrected chi connectivity index (χ1v) is 3.77. The van der Waals surface area contributed by atoms with Crippen LogP contribution in [0.4, 0.5) is 4.39 Å². The van der Waals surface area contributed by atoms with Crippen LogP contribution in [-0.2, 0) is 4.79 Å². The second-order valence-electron chi connectivity index (χ2n) is 2.62. The van der Waals surface area contributed by atoms with E-state index < -0.39 is 5.91 Å². The highest BCUT2D eigenvalue weighted by Gasteiger charge is 2.04. The van der Waals surface area contributed by atoms with E-state index in [9.17, 15) is 9.18 Å². The van der Waals surface area contributed by atoms with Gasteiger partial charge in [-0.05, 0) is 19.1 Å². The standard InChI is InChI=1S/C9H10FNO2/c1-6-7(10)3-2-4-8(6)13-5-9(11)12/h2-4H,5H2,1H3,(H2,11,12). The Morgan fingerprint density at radius 3 is 2.92 bits per heavy atom. The van der Waals surface area contributed by atoms with E-state index in [0.717, 1.165) is 0 Å². The zero-order chi connectivity index (χ0) is 9.84. The molecule has 0 fully saturated rings. The van der Waals surface area contributed by atoms with E-state index in [-0.39, 0.29) is 12.4 Å². The summed E-state index contributed by atoms with van der Waals surface area (Å²) in [5.74, 6) is -0.593. The third kappa shape index (κ3) is 2.43. The van der Waals surface area contributed by atoms with Gasteiger partial charge in [-0.25, -0.2) is 4.39 Å². The largest absolute Gasteiger partial charge is 0.483 e. The first-order valence-electron chi connectivity index (χ1n) is 3.77. The summed E-state index contributed by atoms with van der Waals surface area (Å²) < 4.78 is 17.9. The van der Waals surface area contributed by atoms with Gasteiger partial charge in [-0.15, -0.1) is 0 Å². The van der Waals surface area contributed by atoms with Crippen molar-refractivity contribution in [2.45, 2.75) is 6.92 Å². The van der Waals surface area contributed by atoms with Crippen LogP contribution in [0.1, 0.15) is 5.56 Å². The second kappa shape index (κ2) is 3.89. The van der Waals surface area contributed by atoms with Crippen LogP contribution in [0.2, 0.25) is 0 Å². The van der Waals surface area contributed by atoms with Crippen molar-refractivity contribution in [3.8, 4) is 5.75 Å². The van der Waals surface area contributed by atoms with Gasteiger partial charge in [0.1, 0.15) is 11.6 Å². The molecule has 0 aliphatic carbocycles. The van der Waals surface area contributed by atoms with Gasteiger partial charge >= 0.3 is 0 Å². The summed E-state index contributed by atoms with van der Waals surface area (Å²) in [5.41, 5.74) is 5.25. The topological polar surface area (TPSA) is 52.3 Å². The third-order valence-corrected chi connectivity index (χ3v) is 1.59. The lowest BCUT2D eigenvalue weighted by molar-refractivity contribution is -0.119. The van der Waals surface area contributed by atoms with Gasteiger partial charge in [0.15, 0.2) is 6.61 Å². The Morgan fingerprint density at radius 1 is 1.62 bits per heavy atom. The molecule has 0 saturated heterocycles. The minimum atomic E-state index is -0.580. The number of rotatable bonds is 3. The smallest absolute Gasteiger partial charge is 0.255 e. The van der Waals surface area contributed by atoms with Crippen molar-refractivity contribution in [1.82, 2.24) is 0 Å². The van der Waals surface area contributed by atoms with Crippen molar-refractivity contribution in [3.05, 3.63) is 29.6 Å². The summed E-state index contributed by atoms with van der Waals surface area (Å²) in [7, 11) is 0. The van der Waals surface area contributed by atoms with Crippen molar-refractivity contribution >= 4 is 5.91 Å². The maximum atomic E-state index is 12.9. The second-order valence-corrected chi connectivity index (χ2v) is 2.62. The molecule has 0 atom stereocenters. The predicted octanol–water partition coefficient (Wildman–Crippen LogP) is 0.998. The summed E-state index contributed by atoms with van der Waals surface area (Å²) in [6.45, 7) is 1.34. The molecule has 70 valence electrons. The maximum absolute atomic E-state index is 12.9. The molecule has 1 aromatic rings. The van der Waals surface area contributed by atoms with Gasteiger partial charge < -0.3 is 10.5 Å². The lowest BCUT2D eigenvalue weighted by Crippen LogP contribution is -2.20. The Labute approximate surface area is 75.3 Å². The van der Waals surface area contributed by atoms with Crippen molar-refractivity contribution < 1.29 is 13.9 Å². The molecule has 0 heterocycles. The molecule has 0 spiro atoms. The summed E-state index contributed by atoms with van der Waals surface area (Å²) in [4.78, 5) is 10.4. The van der Waals surface area contributed by atoms with Crippen LogP contribution < -0.4 is 10.5 Å². The van der Waals surface area contributed by atoms with Crippen LogP contribution in [0, 0.1) is 12.7 Å². The quantitative estimate of drug-likeness (QED) is 0.759. The van der Waals surface area contributed by atoms with Gasteiger partial charge in [-0.2, -0.15) is 0 Å². The number of hydrogen-bond acceptors (Lipinski definition) is 2. The number of primary amides is 1. The van der Waals surface area contributed by atoms with Gasteiger partial charge in [0.05, 0.1) is 0 Å². The molecule has 0 saturated carbocycles. The molecule has 3 nitrogen and oxygen atoms in total. The molecule has 0 bridgehead atoms. The Kier molecular flexibility index (Phi) is 2.84. The number of nitrogens with two attached hydrogens (primary N) is 1. The Balaban J connectivity index is 2.77. The first kappa shape index (κ1) is 9.51. The van der Waals surface area contributed by atoms with Crippen molar-refractivity contribution in [2.75, 3.05) is 6.61 Å². The Hall–Kier alpha value is -1.58. The lowest BCUT2D eigenvalue weighted by atomic mass is 10.2. The molecular formula is C9H10FNO2. The Bertz CT molecular complexity index is 325. The number of amides is 1. The van der Waals surface area contributed by atoms with Crippen LogP contribution >= 0.6 is 0 Å². The summed E-state index contributed by atoms with van der Waals surface area (Å²) in [6.07, 6.45) is 0. The van der Waals surface area contributed by atoms with Crippen molar-refractivity contribution in [3.63, 3.8) is 0 Å². The molecule has 0 aliphatic heterocycles. The number of hydrogen-bond donors (Lipinski definition) is 1. The molecular weight excluding hydrogens is 173 g/mol. The van der Waals surface area contributed by atoms with Crippen LogP contribution in [0.25, 0.3) is 0 Å². The zero-order valence-corrected chi connectivity index (χ0v) is 7.21. The zero-order valence-electron chi connectivity index (χ0n) is 7.21. The van der Waals surface area contributed by atoms with Crippen LogP contribution in [0.5, 0.6) is 5.75 Å². The van der Waals surface area contributed by atoms with E-state index in [1.165, 1.54) is 12.1 Å². The third-order valence-electron chi connectivity index (χ3n) is 1.59. The van der Waals surface area contributed by atoms with E-state index in [1.54, 1.807) is 13.0 Å². The molecule has 0 aliphatic rings. The molecule has 1 aromatic carbocycles. The van der Waals surface area contributed by atoms with E-state index >= 15 is 0 Å². The van der Waals surface area contributed by atoms with E-state index in [4.69, 9.17) is 10.5 Å². The molecule has 13 heavy (non-hydrogen) atoms. The number of benzene rings is 1. The van der Waals surface area contributed by atoms with Crippen LogP contribution in [0.15, 0.2) is 18.2 Å². The number of carbonyl (C=O) groups is 1. The fourth-order valence-corrected chi connectivity index (χ4v) is 0.893. The molecule has 0 unspecified atom stereocenters.